The fourth-order valence-corrected chi connectivity index (χ4v) is 3.24. The number of carbonyl (C=O) groups excluding carboxylic acids is 2. The normalized spacial score (nSPS) is 14.3. The third-order valence-corrected chi connectivity index (χ3v) is 4.67. The Morgan fingerprint density at radius 1 is 1.00 bits per heavy atom. The van der Waals surface area contributed by atoms with E-state index in [0.717, 1.165) is 51.4 Å². The van der Waals surface area contributed by atoms with Crippen LogP contribution in [0.2, 0.25) is 0 Å². The van der Waals surface area contributed by atoms with E-state index in [-0.39, 0.29) is 35.5 Å². The van der Waals surface area contributed by atoms with Crippen LogP contribution in [-0.2, 0) is 14.3 Å². The molecule has 5 heteroatoms. The molecule has 0 aromatic heterocycles. The average Bonchev–Trinajstić information content (AvgIpc) is 2.47. The van der Waals surface area contributed by atoms with E-state index in [4.69, 9.17) is 4.74 Å². The molecule has 0 fully saturated rings. The van der Waals surface area contributed by atoms with Crippen molar-refractivity contribution in [1.82, 2.24) is 0 Å². The molecule has 0 aliphatic carbocycles. The van der Waals surface area contributed by atoms with Crippen molar-refractivity contribution in [3.63, 3.8) is 0 Å². The fourth-order valence-electron chi connectivity index (χ4n) is 3.24. The Morgan fingerprint density at radius 3 is 2.08 bits per heavy atom. The fraction of sp³-hybridized carbons (Fsp3) is 0.895. The maximum atomic E-state index is 11.9. The van der Waals surface area contributed by atoms with Gasteiger partial charge in [0, 0.05) is 0 Å². The first kappa shape index (κ1) is 26.2. The van der Waals surface area contributed by atoms with E-state index >= 15 is 0 Å². The molecule has 2 atom stereocenters. The maximum Gasteiger partial charge on any atom is 1.00 e. The largest absolute Gasteiger partial charge is 1.00 e. The van der Waals surface area contributed by atoms with Gasteiger partial charge in [-0.2, -0.15) is 0 Å². The van der Waals surface area contributed by atoms with Gasteiger partial charge in [-0.25, -0.2) is 0 Å². The summed E-state index contributed by atoms with van der Waals surface area (Å²) in [6.07, 6.45) is 10.0. The summed E-state index contributed by atoms with van der Waals surface area (Å²) < 4.78 is 5.65. The van der Waals surface area contributed by atoms with Gasteiger partial charge in [-0.05, 0) is 38.5 Å². The first-order chi connectivity index (χ1) is 10.9. The number of carboxylic acid groups (broad SMARTS) is 1. The van der Waals surface area contributed by atoms with Crippen molar-refractivity contribution in [1.29, 1.82) is 0 Å². The van der Waals surface area contributed by atoms with Crippen LogP contribution in [0.3, 0.4) is 0 Å². The van der Waals surface area contributed by atoms with Crippen LogP contribution < -0.4 is 34.7 Å². The van der Waals surface area contributed by atoms with E-state index < -0.39 is 24.0 Å². The summed E-state index contributed by atoms with van der Waals surface area (Å²) in [4.78, 5) is 22.5. The Bertz CT molecular complexity index is 346. The predicted molar refractivity (Wildman–Crippen MR) is 90.8 cm³/mol. The molecule has 0 aromatic carbocycles. The number of carboxylic acids is 1. The van der Waals surface area contributed by atoms with Crippen LogP contribution in [-0.4, -0.2) is 17.5 Å². The number of aliphatic carboxylic acids is 1. The second kappa shape index (κ2) is 15.2. The van der Waals surface area contributed by atoms with Gasteiger partial charge in [0.1, 0.15) is 5.60 Å². The minimum atomic E-state index is -1.37. The van der Waals surface area contributed by atoms with Crippen molar-refractivity contribution in [2.45, 2.75) is 104 Å². The molecule has 0 N–H and O–H groups in total. The van der Waals surface area contributed by atoms with Crippen molar-refractivity contribution in [2.24, 2.45) is 5.92 Å². The molecule has 0 aromatic rings. The number of carbonyl (C=O) groups is 2. The van der Waals surface area contributed by atoms with Gasteiger partial charge < -0.3 is 14.6 Å². The van der Waals surface area contributed by atoms with Crippen LogP contribution in [0.4, 0.5) is 0 Å². The molecule has 0 bridgehead atoms. The smallest absolute Gasteiger partial charge is 0.550 e. The monoisotopic (exact) mass is 350 g/mol. The number of hydrogen-bond donors (Lipinski definition) is 0. The molecule has 0 aliphatic heterocycles. The van der Waals surface area contributed by atoms with Crippen LogP contribution in [0, 0.1) is 5.92 Å². The second-order valence-corrected chi connectivity index (χ2v) is 6.75. The molecule has 0 rings (SSSR count). The maximum absolute atomic E-state index is 11.9. The molecule has 0 saturated carbocycles. The van der Waals surface area contributed by atoms with Crippen LogP contribution in [0.1, 0.15) is 98.3 Å². The summed E-state index contributed by atoms with van der Waals surface area (Å²) in [7, 11) is 0. The Kier molecular flexibility index (Phi) is 16.6. The van der Waals surface area contributed by atoms with Gasteiger partial charge >= 0.3 is 35.5 Å². The zero-order chi connectivity index (χ0) is 17.7. The van der Waals surface area contributed by atoms with Crippen molar-refractivity contribution in [2.75, 3.05) is 0 Å². The molecule has 4 nitrogen and oxygen atoms in total. The van der Waals surface area contributed by atoms with E-state index in [1.165, 1.54) is 12.8 Å². The zero-order valence-corrected chi connectivity index (χ0v) is 18.5. The van der Waals surface area contributed by atoms with Gasteiger partial charge in [-0.1, -0.05) is 59.3 Å². The Labute approximate surface area is 170 Å². The number of ether oxygens (including phenoxy) is 1. The Balaban J connectivity index is 0. The van der Waals surface area contributed by atoms with Gasteiger partial charge in [0.15, 0.2) is 0 Å². The molecule has 0 spiro atoms. The minimum Gasteiger partial charge on any atom is -0.550 e. The van der Waals surface area contributed by atoms with Gasteiger partial charge in [0.05, 0.1) is 12.4 Å². The van der Waals surface area contributed by atoms with Crippen molar-refractivity contribution < 1.29 is 49.0 Å². The standard InChI is InChI=1S/C19H36O4.Na/c1-5-8-10-12-14-19(4,23-18(22)15-17(20)21)16(7-3)13-11-9-6-2;/h16H,5-15H2,1-4H3,(H,20,21);/q;+1/p-1. The SMILES string of the molecule is CCCCCCC(C)(OC(=O)CC(=O)[O-])C(CC)CCCCC.[Na+]. The third kappa shape index (κ3) is 11.5. The molecular weight excluding hydrogens is 315 g/mol. The summed E-state index contributed by atoms with van der Waals surface area (Å²) in [5.74, 6) is -1.76. The Morgan fingerprint density at radius 2 is 1.58 bits per heavy atom. The summed E-state index contributed by atoms with van der Waals surface area (Å²) in [6, 6.07) is 0. The molecule has 0 saturated heterocycles. The minimum absolute atomic E-state index is 0. The molecule has 24 heavy (non-hydrogen) atoms. The van der Waals surface area contributed by atoms with Gasteiger partial charge in [-0.3, -0.25) is 4.79 Å². The van der Waals surface area contributed by atoms with E-state index in [1.54, 1.807) is 0 Å². The molecule has 136 valence electrons. The second-order valence-electron chi connectivity index (χ2n) is 6.75. The van der Waals surface area contributed by atoms with E-state index in [0.29, 0.717) is 0 Å². The average molecular weight is 350 g/mol. The van der Waals surface area contributed by atoms with Crippen LogP contribution >= 0.6 is 0 Å². The molecule has 0 amide bonds. The molecule has 0 radical (unpaired) electrons. The summed E-state index contributed by atoms with van der Waals surface area (Å²) in [5.41, 5.74) is -0.567. The Hall–Kier alpha value is -0.0600. The molecule has 0 aliphatic rings. The first-order valence-corrected chi connectivity index (χ1v) is 9.31. The number of esters is 1. The zero-order valence-electron chi connectivity index (χ0n) is 16.5. The molecular formula is C19H35NaO4. The quantitative estimate of drug-likeness (QED) is 0.203. The molecule has 0 heterocycles. The first-order valence-electron chi connectivity index (χ1n) is 9.31. The van der Waals surface area contributed by atoms with Gasteiger partial charge in [-0.15, -0.1) is 0 Å². The number of rotatable bonds is 14. The van der Waals surface area contributed by atoms with Gasteiger partial charge in [0.2, 0.25) is 0 Å². The van der Waals surface area contributed by atoms with Crippen LogP contribution in [0.15, 0.2) is 0 Å². The number of hydrogen-bond acceptors (Lipinski definition) is 4. The van der Waals surface area contributed by atoms with Crippen molar-refractivity contribution in [3.05, 3.63) is 0 Å². The van der Waals surface area contributed by atoms with Crippen LogP contribution in [0.5, 0.6) is 0 Å². The third-order valence-electron chi connectivity index (χ3n) is 4.67. The topological polar surface area (TPSA) is 66.4 Å². The van der Waals surface area contributed by atoms with Gasteiger partial charge in [0.25, 0.3) is 0 Å². The summed E-state index contributed by atoms with van der Waals surface area (Å²) in [6.45, 7) is 8.43. The number of unbranched alkanes of at least 4 members (excludes halogenated alkanes) is 5. The van der Waals surface area contributed by atoms with E-state index in [9.17, 15) is 14.7 Å². The predicted octanol–water partition coefficient (Wildman–Crippen LogP) is 1.01. The van der Waals surface area contributed by atoms with E-state index in [1.807, 2.05) is 6.92 Å². The van der Waals surface area contributed by atoms with E-state index in [2.05, 4.69) is 20.8 Å². The summed E-state index contributed by atoms with van der Waals surface area (Å²) in [5, 5.41) is 10.6. The van der Waals surface area contributed by atoms with Crippen molar-refractivity contribution in [3.8, 4) is 0 Å². The molecule has 2 unspecified atom stereocenters. The van der Waals surface area contributed by atoms with Crippen molar-refractivity contribution >= 4 is 11.9 Å². The summed E-state index contributed by atoms with van der Waals surface area (Å²) >= 11 is 0. The van der Waals surface area contributed by atoms with Crippen LogP contribution in [0.25, 0.3) is 0 Å².